The van der Waals surface area contributed by atoms with Gasteiger partial charge in [0.25, 0.3) is 5.91 Å². The Morgan fingerprint density at radius 2 is 1.65 bits per heavy atom. The molecule has 256 valence electrons. The lowest BCUT2D eigenvalue weighted by Gasteiger charge is -2.41. The predicted molar refractivity (Wildman–Crippen MR) is 189 cm³/mol. The number of nitrogens with zero attached hydrogens (tertiary/aromatic N) is 5. The number of carbonyl (C=O) groups is 2. The SMILES string of the molecule is C=C(c1ccc2c(c1)CCc1cc(C(=O)N(C)C)ccc1C2(CC(NCC(=O)N1CCCC1C#N)C1CCCC1)/C(=N/N)NN)N(C)C. The van der Waals surface area contributed by atoms with E-state index in [1.807, 2.05) is 37.2 Å². The second-order valence-electron chi connectivity index (χ2n) is 13.9. The van der Waals surface area contributed by atoms with Crippen LogP contribution in [0.25, 0.3) is 5.70 Å². The largest absolute Gasteiger partial charge is 0.378 e. The number of fused-ring (bicyclic) bond motifs is 2. The molecule has 11 nitrogen and oxygen atoms in total. The van der Waals surface area contributed by atoms with Gasteiger partial charge in [-0.3, -0.25) is 9.59 Å². The first-order chi connectivity index (χ1) is 23.0. The van der Waals surface area contributed by atoms with Crippen LogP contribution < -0.4 is 22.4 Å². The first-order valence-corrected chi connectivity index (χ1v) is 17.1. The van der Waals surface area contributed by atoms with Crippen LogP contribution in [0, 0.1) is 17.2 Å². The van der Waals surface area contributed by atoms with Crippen LogP contribution in [0.2, 0.25) is 0 Å². The van der Waals surface area contributed by atoms with Crippen molar-refractivity contribution in [3.05, 3.63) is 76.4 Å². The Morgan fingerprint density at radius 1 is 1.02 bits per heavy atom. The fraction of sp³-hybridized carbons (Fsp3) is 0.514. The summed E-state index contributed by atoms with van der Waals surface area (Å²) in [6, 6.07) is 14.2. The van der Waals surface area contributed by atoms with Crippen LogP contribution in [-0.2, 0) is 23.1 Å². The second-order valence-corrected chi connectivity index (χ2v) is 13.9. The molecule has 3 aliphatic rings. The zero-order valence-electron chi connectivity index (χ0n) is 28.9. The molecule has 3 unspecified atom stereocenters. The number of hydrazine groups is 1. The summed E-state index contributed by atoms with van der Waals surface area (Å²) in [4.78, 5) is 32.0. The van der Waals surface area contributed by atoms with Crippen LogP contribution in [0.4, 0.5) is 0 Å². The van der Waals surface area contributed by atoms with E-state index in [1.165, 1.54) is 0 Å². The predicted octanol–water partition coefficient (Wildman–Crippen LogP) is 3.09. The van der Waals surface area contributed by atoms with Gasteiger partial charge >= 0.3 is 0 Å². The molecular formula is C37H51N9O2. The van der Waals surface area contributed by atoms with E-state index in [4.69, 9.17) is 11.7 Å². The summed E-state index contributed by atoms with van der Waals surface area (Å²) >= 11 is 0. The Kier molecular flexibility index (Phi) is 10.8. The van der Waals surface area contributed by atoms with Crippen LogP contribution in [0.3, 0.4) is 0 Å². The first-order valence-electron chi connectivity index (χ1n) is 17.1. The summed E-state index contributed by atoms with van der Waals surface area (Å²) in [5.41, 5.74) is 8.66. The molecular weight excluding hydrogens is 602 g/mol. The molecule has 0 radical (unpaired) electrons. The van der Waals surface area contributed by atoms with Gasteiger partial charge in [-0.1, -0.05) is 37.6 Å². The number of likely N-dealkylation sites (tertiary alicyclic amines) is 1. The van der Waals surface area contributed by atoms with Crippen LogP contribution in [0.1, 0.15) is 83.1 Å². The van der Waals surface area contributed by atoms with E-state index in [-0.39, 0.29) is 30.4 Å². The third kappa shape index (κ3) is 6.64. The maximum atomic E-state index is 13.5. The zero-order chi connectivity index (χ0) is 34.6. The molecule has 11 heteroatoms. The van der Waals surface area contributed by atoms with E-state index in [9.17, 15) is 14.9 Å². The minimum atomic E-state index is -0.922. The Morgan fingerprint density at radius 3 is 2.21 bits per heavy atom. The lowest BCUT2D eigenvalue weighted by atomic mass is 9.66. The molecule has 1 aliphatic heterocycles. The number of hydrogen-bond donors (Lipinski definition) is 4. The van der Waals surface area contributed by atoms with Gasteiger partial charge in [0.1, 0.15) is 6.04 Å². The van der Waals surface area contributed by atoms with Gasteiger partial charge in [-0.2, -0.15) is 10.4 Å². The van der Waals surface area contributed by atoms with Crippen LogP contribution in [0.15, 0.2) is 48.1 Å². The molecule has 5 rings (SSSR count). The van der Waals surface area contributed by atoms with Crippen molar-refractivity contribution in [2.45, 2.75) is 75.3 Å². The minimum Gasteiger partial charge on any atom is -0.378 e. The quantitative estimate of drug-likeness (QED) is 0.132. The summed E-state index contributed by atoms with van der Waals surface area (Å²) in [5, 5.41) is 17.6. The topological polar surface area (TPSA) is 156 Å². The maximum Gasteiger partial charge on any atom is 0.253 e. The normalized spacial score (nSPS) is 21.5. The summed E-state index contributed by atoms with van der Waals surface area (Å²) in [5.74, 6) is 13.1. The summed E-state index contributed by atoms with van der Waals surface area (Å²) in [7, 11) is 7.47. The Bertz CT molecular complexity index is 1530. The molecule has 2 aromatic rings. The fourth-order valence-corrected chi connectivity index (χ4v) is 8.13. The first kappa shape index (κ1) is 34.9. The fourth-order valence-electron chi connectivity index (χ4n) is 8.13. The molecule has 2 aliphatic carbocycles. The number of hydrogen-bond acceptors (Lipinski definition) is 8. The highest BCUT2D eigenvalue weighted by molar-refractivity contribution is 5.98. The third-order valence-electron chi connectivity index (χ3n) is 10.7. The maximum absolute atomic E-state index is 13.5. The van der Waals surface area contributed by atoms with E-state index in [1.54, 1.807) is 23.9 Å². The number of amides is 2. The number of aryl methyl sites for hydroxylation is 2. The van der Waals surface area contributed by atoms with Crippen molar-refractivity contribution in [1.29, 1.82) is 5.26 Å². The van der Waals surface area contributed by atoms with Crippen LogP contribution >= 0.6 is 0 Å². The standard InChI is InChI=1S/C37H51N9O2/c1-24(44(2)3)26-14-16-31-27(19-26)12-13-28-20-29(35(48)45(4)5)15-17-32(28)37(31,36(42-39)43-40)21-33(25-9-6-7-10-25)41-23-34(47)46-18-8-11-30(46)22-38/h14-17,19-20,25,30,33,41H,1,6-13,18,21,23,39-40H2,2-5H3,(H,42,43). The number of nitriles is 1. The van der Waals surface area contributed by atoms with Gasteiger partial charge in [-0.05, 0) is 96.9 Å². The molecule has 1 saturated carbocycles. The average Bonchev–Trinajstić information content (AvgIpc) is 3.79. The van der Waals surface area contributed by atoms with Crippen molar-refractivity contribution in [3.8, 4) is 6.07 Å². The van der Waals surface area contributed by atoms with Crippen molar-refractivity contribution in [1.82, 2.24) is 25.4 Å². The summed E-state index contributed by atoms with van der Waals surface area (Å²) in [6.07, 6.45) is 7.83. The highest BCUT2D eigenvalue weighted by Gasteiger charge is 2.47. The van der Waals surface area contributed by atoms with Crippen molar-refractivity contribution >= 4 is 23.3 Å². The van der Waals surface area contributed by atoms with Crippen molar-refractivity contribution < 1.29 is 9.59 Å². The Hall–Kier alpha value is -4.40. The highest BCUT2D eigenvalue weighted by Crippen LogP contribution is 2.46. The monoisotopic (exact) mass is 653 g/mol. The Labute approximate surface area is 285 Å². The molecule has 2 fully saturated rings. The van der Waals surface area contributed by atoms with Gasteiger partial charge in [0.2, 0.25) is 5.91 Å². The number of benzene rings is 2. The molecule has 1 saturated heterocycles. The lowest BCUT2D eigenvalue weighted by molar-refractivity contribution is -0.130. The van der Waals surface area contributed by atoms with Gasteiger partial charge in [0.05, 0.1) is 18.0 Å². The smallest absolute Gasteiger partial charge is 0.253 e. The molecule has 48 heavy (non-hydrogen) atoms. The number of rotatable bonds is 10. The van der Waals surface area contributed by atoms with Gasteiger partial charge in [0, 0.05) is 52.0 Å². The number of amidine groups is 1. The summed E-state index contributed by atoms with van der Waals surface area (Å²) in [6.45, 7) is 5.06. The van der Waals surface area contributed by atoms with Crippen LogP contribution in [0.5, 0.6) is 0 Å². The van der Waals surface area contributed by atoms with E-state index in [0.717, 1.165) is 72.0 Å². The number of nitrogens with two attached hydrogens (primary N) is 2. The molecule has 2 amide bonds. The minimum absolute atomic E-state index is 0.0545. The van der Waals surface area contributed by atoms with Gasteiger partial charge in [-0.25, -0.2) is 5.84 Å². The molecule has 0 spiro atoms. The Balaban J connectivity index is 1.67. The van der Waals surface area contributed by atoms with Gasteiger partial charge < -0.3 is 31.3 Å². The van der Waals surface area contributed by atoms with E-state index in [2.05, 4.69) is 46.7 Å². The van der Waals surface area contributed by atoms with Gasteiger partial charge in [-0.15, -0.1) is 0 Å². The molecule has 0 bridgehead atoms. The number of hydrazone groups is 1. The lowest BCUT2D eigenvalue weighted by Crippen LogP contribution is -2.54. The third-order valence-corrected chi connectivity index (χ3v) is 10.7. The zero-order valence-corrected chi connectivity index (χ0v) is 28.9. The second kappa shape index (κ2) is 14.8. The average molecular weight is 654 g/mol. The van der Waals surface area contributed by atoms with Crippen molar-refractivity contribution in [3.63, 3.8) is 0 Å². The van der Waals surface area contributed by atoms with Crippen LogP contribution in [-0.4, -0.2) is 85.7 Å². The molecule has 1 heterocycles. The number of nitrogens with one attached hydrogen (secondary N) is 2. The molecule has 0 aromatic heterocycles. The van der Waals surface area contributed by atoms with E-state index < -0.39 is 5.41 Å². The number of carbonyl (C=O) groups excluding carboxylic acids is 2. The molecule has 3 atom stereocenters. The van der Waals surface area contributed by atoms with Gasteiger partial charge in [0.15, 0.2) is 5.84 Å². The van der Waals surface area contributed by atoms with E-state index in [0.29, 0.717) is 43.1 Å². The van der Waals surface area contributed by atoms with E-state index >= 15 is 0 Å². The van der Waals surface area contributed by atoms with Crippen molar-refractivity contribution in [2.75, 3.05) is 41.3 Å². The highest BCUT2D eigenvalue weighted by atomic mass is 16.2. The molecule has 2 aromatic carbocycles. The summed E-state index contributed by atoms with van der Waals surface area (Å²) < 4.78 is 0. The molecule has 6 N–H and O–H groups in total. The van der Waals surface area contributed by atoms with Crippen molar-refractivity contribution in [2.24, 2.45) is 22.7 Å².